The number of benzene rings is 1. The van der Waals surface area contributed by atoms with E-state index in [9.17, 15) is 0 Å². The Hall–Kier alpha value is -1.21. The number of nitrogens with zero attached hydrogens (tertiary/aromatic N) is 4. The molecule has 25 heavy (non-hydrogen) atoms. The van der Waals surface area contributed by atoms with E-state index < -0.39 is 0 Å². The average Bonchev–Trinajstić information content (AvgIpc) is 2.92. The molecule has 0 amide bonds. The van der Waals surface area contributed by atoms with E-state index in [0.29, 0.717) is 18.2 Å². The van der Waals surface area contributed by atoms with E-state index >= 15 is 0 Å². The number of methoxy groups -OCH3 is 1. The van der Waals surface area contributed by atoms with Gasteiger partial charge in [-0.2, -0.15) is 5.10 Å². The first kappa shape index (κ1) is 18.6. The van der Waals surface area contributed by atoms with Crippen molar-refractivity contribution in [2.24, 2.45) is 5.92 Å². The number of rotatable bonds is 6. The van der Waals surface area contributed by atoms with Crippen LogP contribution in [0.25, 0.3) is 11.4 Å². The van der Waals surface area contributed by atoms with E-state index in [1.54, 1.807) is 7.11 Å². The Bertz CT molecular complexity index is 747. The summed E-state index contributed by atoms with van der Waals surface area (Å²) in [6, 6.07) is 7.72. The van der Waals surface area contributed by atoms with Gasteiger partial charge in [0.15, 0.2) is 10.6 Å². The third-order valence-corrected chi connectivity index (χ3v) is 5.44. The highest BCUT2D eigenvalue weighted by molar-refractivity contribution is 7.71. The zero-order valence-corrected chi connectivity index (χ0v) is 16.4. The van der Waals surface area contributed by atoms with Gasteiger partial charge in [-0.3, -0.25) is 9.47 Å². The first-order chi connectivity index (χ1) is 12.1. The Balaban J connectivity index is 1.88. The second-order valence-electron chi connectivity index (χ2n) is 6.70. The average molecular weight is 381 g/mol. The van der Waals surface area contributed by atoms with Crippen molar-refractivity contribution in [3.05, 3.63) is 34.1 Å². The first-order valence-electron chi connectivity index (χ1n) is 8.73. The van der Waals surface area contributed by atoms with Crippen LogP contribution in [0.5, 0.6) is 0 Å². The lowest BCUT2D eigenvalue weighted by molar-refractivity contribution is 0.145. The number of piperidine rings is 1. The minimum Gasteiger partial charge on any atom is -0.383 e. The van der Waals surface area contributed by atoms with Gasteiger partial charge in [-0.05, 0) is 55.2 Å². The maximum Gasteiger partial charge on any atom is 0.199 e. The van der Waals surface area contributed by atoms with Crippen molar-refractivity contribution in [1.82, 2.24) is 19.2 Å². The lowest BCUT2D eigenvalue weighted by Gasteiger charge is -2.29. The van der Waals surface area contributed by atoms with E-state index in [2.05, 4.69) is 16.4 Å². The third kappa shape index (κ3) is 4.50. The molecule has 1 fully saturated rings. The summed E-state index contributed by atoms with van der Waals surface area (Å²) in [5.41, 5.74) is 1.01. The summed E-state index contributed by atoms with van der Waals surface area (Å²) in [7, 11) is 1.70. The monoisotopic (exact) mass is 380 g/mol. The van der Waals surface area contributed by atoms with Gasteiger partial charge in [-0.1, -0.05) is 18.5 Å². The molecule has 1 aromatic heterocycles. The Morgan fingerprint density at radius 3 is 2.56 bits per heavy atom. The zero-order valence-electron chi connectivity index (χ0n) is 14.8. The maximum absolute atomic E-state index is 6.02. The minimum atomic E-state index is 0.599. The van der Waals surface area contributed by atoms with Crippen LogP contribution in [0, 0.1) is 10.7 Å². The van der Waals surface area contributed by atoms with E-state index in [4.69, 9.17) is 33.7 Å². The molecule has 1 saturated heterocycles. The largest absolute Gasteiger partial charge is 0.383 e. The predicted octanol–water partition coefficient (Wildman–Crippen LogP) is 4.07. The van der Waals surface area contributed by atoms with E-state index in [1.807, 2.05) is 28.9 Å². The summed E-state index contributed by atoms with van der Waals surface area (Å²) in [6.07, 6.45) is 2.48. The Morgan fingerprint density at radius 2 is 1.92 bits per heavy atom. The minimum absolute atomic E-state index is 0.599. The second-order valence-corrected chi connectivity index (χ2v) is 7.50. The molecule has 5 nitrogen and oxygen atoms in total. The molecule has 1 aromatic carbocycles. The van der Waals surface area contributed by atoms with E-state index in [0.717, 1.165) is 41.8 Å². The number of halogens is 1. The van der Waals surface area contributed by atoms with Crippen LogP contribution < -0.4 is 0 Å². The van der Waals surface area contributed by atoms with Gasteiger partial charge >= 0.3 is 0 Å². The molecule has 0 unspecified atom stereocenters. The predicted molar refractivity (Wildman–Crippen MR) is 103 cm³/mol. The molecule has 136 valence electrons. The molecule has 1 aliphatic heterocycles. The van der Waals surface area contributed by atoms with Crippen molar-refractivity contribution in [2.45, 2.75) is 33.0 Å². The normalized spacial score (nSPS) is 16.4. The number of aromatic nitrogens is 3. The Labute approximate surface area is 159 Å². The standard InChI is InChI=1S/C18H25ClN4OS/c1-14-7-9-21(10-8-14)13-23-18(25)22(11-12-24-2)17(20-23)15-3-5-16(19)6-4-15/h3-6,14H,7-13H2,1-2H3. The van der Waals surface area contributed by atoms with Gasteiger partial charge in [-0.25, -0.2) is 4.68 Å². The maximum atomic E-state index is 6.02. The zero-order chi connectivity index (χ0) is 17.8. The highest BCUT2D eigenvalue weighted by atomic mass is 35.5. The Morgan fingerprint density at radius 1 is 1.24 bits per heavy atom. The van der Waals surface area contributed by atoms with Crippen LogP contribution in [-0.4, -0.2) is 46.1 Å². The van der Waals surface area contributed by atoms with Crippen LogP contribution >= 0.6 is 23.8 Å². The molecule has 3 rings (SSSR count). The summed E-state index contributed by atoms with van der Waals surface area (Å²) >= 11 is 11.7. The molecule has 0 bridgehead atoms. The number of hydrogen-bond donors (Lipinski definition) is 0. The number of likely N-dealkylation sites (tertiary alicyclic amines) is 1. The fourth-order valence-corrected chi connectivity index (χ4v) is 3.53. The van der Waals surface area contributed by atoms with Crippen molar-refractivity contribution in [3.63, 3.8) is 0 Å². The molecule has 7 heteroatoms. The van der Waals surface area contributed by atoms with Gasteiger partial charge in [0.25, 0.3) is 0 Å². The number of ether oxygens (including phenoxy) is 1. The lowest BCUT2D eigenvalue weighted by Crippen LogP contribution is -2.34. The van der Waals surface area contributed by atoms with Crippen LogP contribution in [0.2, 0.25) is 5.02 Å². The lowest BCUT2D eigenvalue weighted by atomic mass is 10.00. The summed E-state index contributed by atoms with van der Waals surface area (Å²) < 4.78 is 9.97. The van der Waals surface area contributed by atoms with Gasteiger partial charge < -0.3 is 4.74 Å². The van der Waals surface area contributed by atoms with Gasteiger partial charge in [0.1, 0.15) is 0 Å². The fourth-order valence-electron chi connectivity index (χ4n) is 3.12. The highest BCUT2D eigenvalue weighted by Gasteiger charge is 2.18. The first-order valence-corrected chi connectivity index (χ1v) is 9.52. The Kier molecular flexibility index (Phi) is 6.28. The van der Waals surface area contributed by atoms with Crippen LogP contribution in [0.4, 0.5) is 0 Å². The summed E-state index contributed by atoms with van der Waals surface area (Å²) in [4.78, 5) is 2.43. The molecule has 0 atom stereocenters. The van der Waals surface area contributed by atoms with Gasteiger partial charge in [0.2, 0.25) is 0 Å². The van der Waals surface area contributed by atoms with Crippen molar-refractivity contribution in [2.75, 3.05) is 26.8 Å². The van der Waals surface area contributed by atoms with E-state index in [-0.39, 0.29) is 0 Å². The molecular formula is C18H25ClN4OS. The smallest absolute Gasteiger partial charge is 0.199 e. The van der Waals surface area contributed by atoms with Gasteiger partial charge in [-0.15, -0.1) is 0 Å². The topological polar surface area (TPSA) is 35.2 Å². The summed E-state index contributed by atoms with van der Waals surface area (Å²) in [5, 5.41) is 5.53. The second kappa shape index (κ2) is 8.45. The number of hydrogen-bond acceptors (Lipinski definition) is 4. The van der Waals surface area contributed by atoms with Crippen LogP contribution in [0.3, 0.4) is 0 Å². The van der Waals surface area contributed by atoms with E-state index in [1.165, 1.54) is 12.8 Å². The molecular weight excluding hydrogens is 356 g/mol. The molecule has 0 N–H and O–H groups in total. The molecule has 0 saturated carbocycles. The third-order valence-electron chi connectivity index (χ3n) is 4.75. The van der Waals surface area contributed by atoms with Crippen molar-refractivity contribution in [3.8, 4) is 11.4 Å². The molecule has 1 aliphatic rings. The van der Waals surface area contributed by atoms with Crippen molar-refractivity contribution < 1.29 is 4.74 Å². The molecule has 2 aromatic rings. The molecule has 0 aliphatic carbocycles. The van der Waals surface area contributed by atoms with Crippen molar-refractivity contribution >= 4 is 23.8 Å². The van der Waals surface area contributed by atoms with Crippen LogP contribution in [-0.2, 0) is 18.0 Å². The van der Waals surface area contributed by atoms with Crippen LogP contribution in [0.15, 0.2) is 24.3 Å². The molecule has 0 spiro atoms. The van der Waals surface area contributed by atoms with Crippen LogP contribution in [0.1, 0.15) is 19.8 Å². The summed E-state index contributed by atoms with van der Waals surface area (Å²) in [5.74, 6) is 1.68. The van der Waals surface area contributed by atoms with Crippen molar-refractivity contribution in [1.29, 1.82) is 0 Å². The molecule has 0 radical (unpaired) electrons. The van der Waals surface area contributed by atoms with Gasteiger partial charge in [0.05, 0.1) is 19.8 Å². The molecule has 2 heterocycles. The highest BCUT2D eigenvalue weighted by Crippen LogP contribution is 2.22. The van der Waals surface area contributed by atoms with Gasteiger partial charge in [0, 0.05) is 30.8 Å². The SMILES string of the molecule is COCCn1c(-c2ccc(Cl)cc2)nn(CN2CCC(C)CC2)c1=S. The fraction of sp³-hybridized carbons (Fsp3) is 0.556. The quantitative estimate of drug-likeness (QED) is 0.707. The summed E-state index contributed by atoms with van der Waals surface area (Å²) in [6.45, 7) is 6.55.